The number of hydrogen-bond donors (Lipinski definition) is 3. The molecule has 0 spiro atoms. The Labute approximate surface area is 155 Å². The van der Waals surface area contributed by atoms with Gasteiger partial charge in [-0.2, -0.15) is 5.26 Å². The van der Waals surface area contributed by atoms with Crippen LogP contribution in [0.5, 0.6) is 0 Å². The monoisotopic (exact) mass is 370 g/mol. The molecule has 11 heteroatoms. The predicted molar refractivity (Wildman–Crippen MR) is 94.5 cm³/mol. The molecule has 3 rings (SSSR count). The third-order valence-corrected chi connectivity index (χ3v) is 3.72. The van der Waals surface area contributed by atoms with Crippen LogP contribution >= 0.6 is 0 Å². The molecule has 1 aliphatic rings. The lowest BCUT2D eigenvalue weighted by Gasteiger charge is -2.24. The summed E-state index contributed by atoms with van der Waals surface area (Å²) in [6.45, 7) is 2.65. The van der Waals surface area contributed by atoms with Crippen LogP contribution in [0.2, 0.25) is 0 Å². The van der Waals surface area contributed by atoms with Crippen molar-refractivity contribution in [2.24, 2.45) is 0 Å². The average molecular weight is 370 g/mol. The summed E-state index contributed by atoms with van der Waals surface area (Å²) >= 11 is 0. The highest BCUT2D eigenvalue weighted by Gasteiger charge is 2.19. The predicted octanol–water partition coefficient (Wildman–Crippen LogP) is 0.0688. The van der Waals surface area contributed by atoms with Gasteiger partial charge in [0, 0.05) is 25.7 Å². The molecule has 0 aromatic carbocycles. The summed E-state index contributed by atoms with van der Waals surface area (Å²) in [5.41, 5.74) is 0.726. The van der Waals surface area contributed by atoms with Gasteiger partial charge in [0.05, 0.1) is 37.9 Å². The summed E-state index contributed by atoms with van der Waals surface area (Å²) in [4.78, 5) is 19.9. The second kappa shape index (κ2) is 8.84. The van der Waals surface area contributed by atoms with Gasteiger partial charge in [-0.25, -0.2) is 14.8 Å². The van der Waals surface area contributed by atoms with Crippen LogP contribution in [0.1, 0.15) is 16.2 Å². The van der Waals surface area contributed by atoms with E-state index in [0.29, 0.717) is 37.0 Å². The molecule has 1 atom stereocenters. The lowest BCUT2D eigenvalue weighted by atomic mass is 10.2. The summed E-state index contributed by atoms with van der Waals surface area (Å²) in [6.07, 6.45) is 2.71. The number of anilines is 3. The first-order chi connectivity index (χ1) is 13.2. The fourth-order valence-corrected chi connectivity index (χ4v) is 2.39. The van der Waals surface area contributed by atoms with E-state index in [1.807, 2.05) is 6.07 Å². The molecule has 3 N–H and O–H groups in total. The molecule has 0 unspecified atom stereocenters. The van der Waals surface area contributed by atoms with Gasteiger partial charge in [-0.3, -0.25) is 0 Å². The highest BCUT2D eigenvalue weighted by Crippen LogP contribution is 2.20. The molecule has 11 nitrogen and oxygen atoms in total. The van der Waals surface area contributed by atoms with Crippen LogP contribution in [0.25, 0.3) is 0 Å². The number of methoxy groups -OCH3 is 1. The van der Waals surface area contributed by atoms with E-state index >= 15 is 0 Å². The van der Waals surface area contributed by atoms with Crippen molar-refractivity contribution in [3.63, 3.8) is 0 Å². The van der Waals surface area contributed by atoms with Crippen molar-refractivity contribution in [1.82, 2.24) is 25.5 Å². The number of ether oxygens (including phenoxy) is 2. The maximum absolute atomic E-state index is 11.9. The minimum Gasteiger partial charge on any atom is -0.464 e. The first kappa shape index (κ1) is 18.4. The topological polar surface area (TPSA) is 147 Å². The number of carbonyl (C=O) groups excluding carboxylic acids is 1. The molecule has 0 saturated carbocycles. The van der Waals surface area contributed by atoms with Crippen molar-refractivity contribution < 1.29 is 14.3 Å². The zero-order valence-electron chi connectivity index (χ0n) is 14.6. The lowest BCUT2D eigenvalue weighted by molar-refractivity contribution is 0.0371. The summed E-state index contributed by atoms with van der Waals surface area (Å²) in [5.74, 6) is 0.143. The van der Waals surface area contributed by atoms with Gasteiger partial charge >= 0.3 is 5.97 Å². The third kappa shape index (κ3) is 4.84. The molecule has 2 aromatic heterocycles. The van der Waals surface area contributed by atoms with Gasteiger partial charge in [-0.15, -0.1) is 10.2 Å². The van der Waals surface area contributed by atoms with Gasteiger partial charge in [0.15, 0.2) is 17.2 Å². The van der Waals surface area contributed by atoms with Gasteiger partial charge < -0.3 is 25.4 Å². The number of nitrogens with one attached hydrogen (secondary N) is 3. The van der Waals surface area contributed by atoms with Gasteiger partial charge in [0.2, 0.25) is 0 Å². The van der Waals surface area contributed by atoms with Crippen molar-refractivity contribution in [1.29, 1.82) is 5.26 Å². The van der Waals surface area contributed by atoms with E-state index in [4.69, 9.17) is 14.7 Å². The number of nitrogens with zero attached hydrogens (tertiary/aromatic N) is 5. The Morgan fingerprint density at radius 2 is 2.30 bits per heavy atom. The molecule has 1 saturated heterocycles. The maximum Gasteiger partial charge on any atom is 0.360 e. The van der Waals surface area contributed by atoms with Gasteiger partial charge in [0.1, 0.15) is 11.9 Å². The fourth-order valence-electron chi connectivity index (χ4n) is 2.39. The Kier molecular flexibility index (Phi) is 6.03. The van der Waals surface area contributed by atoms with Gasteiger partial charge in [-0.05, 0) is 0 Å². The summed E-state index contributed by atoms with van der Waals surface area (Å²) in [7, 11) is 1.28. The van der Waals surface area contributed by atoms with Crippen LogP contribution in [0.3, 0.4) is 0 Å². The number of nitriles is 1. The number of aromatic nitrogens is 4. The SMILES string of the molecule is COC(=O)c1nnc(Nc2cnc(C#N)cn2)cc1NC[C@@H]1CNCCO1. The van der Waals surface area contributed by atoms with E-state index in [0.717, 1.165) is 6.54 Å². The van der Waals surface area contributed by atoms with E-state index in [9.17, 15) is 4.79 Å². The van der Waals surface area contributed by atoms with Gasteiger partial charge in [0.25, 0.3) is 0 Å². The van der Waals surface area contributed by atoms with Crippen LogP contribution in [-0.2, 0) is 9.47 Å². The maximum atomic E-state index is 11.9. The highest BCUT2D eigenvalue weighted by atomic mass is 16.5. The van der Waals surface area contributed by atoms with E-state index in [1.165, 1.54) is 19.5 Å². The molecule has 1 aliphatic heterocycles. The molecule has 27 heavy (non-hydrogen) atoms. The highest BCUT2D eigenvalue weighted by molar-refractivity contribution is 5.93. The number of hydrogen-bond acceptors (Lipinski definition) is 11. The van der Waals surface area contributed by atoms with Crippen LogP contribution in [0.15, 0.2) is 18.5 Å². The Morgan fingerprint density at radius 1 is 1.41 bits per heavy atom. The number of esters is 1. The molecule has 0 bridgehead atoms. The molecular formula is C16H18N8O3. The Balaban J connectivity index is 1.76. The molecule has 1 fully saturated rings. The first-order valence-corrected chi connectivity index (χ1v) is 8.21. The standard InChI is InChI=1S/C16H18N8O3/c1-26-16(25)15-12(20-8-11-7-18-2-3-27-11)4-13(23-24-15)22-14-9-19-10(5-17)6-21-14/h4,6,9,11,18H,2-3,7-8H2,1H3,(H2,20,21,22,23)/t11-/m0/s1. The second-order valence-corrected chi connectivity index (χ2v) is 5.58. The Hall–Kier alpha value is -3.36. The Morgan fingerprint density at radius 3 is 2.96 bits per heavy atom. The van der Waals surface area contributed by atoms with Crippen LogP contribution < -0.4 is 16.0 Å². The molecule has 140 valence electrons. The minimum absolute atomic E-state index is 0.0294. The van der Waals surface area contributed by atoms with E-state index in [1.54, 1.807) is 6.07 Å². The smallest absolute Gasteiger partial charge is 0.360 e. The summed E-state index contributed by atoms with van der Waals surface area (Å²) < 4.78 is 10.4. The third-order valence-electron chi connectivity index (χ3n) is 3.72. The number of morpholine rings is 1. The van der Waals surface area contributed by atoms with E-state index in [2.05, 4.69) is 36.1 Å². The first-order valence-electron chi connectivity index (χ1n) is 8.21. The van der Waals surface area contributed by atoms with Crippen molar-refractivity contribution in [2.45, 2.75) is 6.10 Å². The molecule has 3 heterocycles. The zero-order valence-corrected chi connectivity index (χ0v) is 14.6. The minimum atomic E-state index is -0.600. The molecule has 0 radical (unpaired) electrons. The van der Waals surface area contributed by atoms with Gasteiger partial charge in [-0.1, -0.05) is 0 Å². The van der Waals surface area contributed by atoms with Crippen LogP contribution in [0, 0.1) is 11.3 Å². The normalized spacial score (nSPS) is 16.2. The average Bonchev–Trinajstić information content (AvgIpc) is 2.73. The largest absolute Gasteiger partial charge is 0.464 e. The Bertz CT molecular complexity index is 831. The van der Waals surface area contributed by atoms with E-state index < -0.39 is 5.97 Å². The summed E-state index contributed by atoms with van der Waals surface area (Å²) in [5, 5.41) is 26.0. The number of carbonyl (C=O) groups is 1. The number of rotatable bonds is 6. The molecule has 2 aromatic rings. The van der Waals surface area contributed by atoms with Crippen molar-refractivity contribution in [3.05, 3.63) is 29.8 Å². The fraction of sp³-hybridized carbons (Fsp3) is 0.375. The van der Waals surface area contributed by atoms with Crippen molar-refractivity contribution in [3.8, 4) is 6.07 Å². The van der Waals surface area contributed by atoms with Crippen LogP contribution in [-0.4, -0.2) is 65.6 Å². The second-order valence-electron chi connectivity index (χ2n) is 5.58. The summed E-state index contributed by atoms with van der Waals surface area (Å²) in [6, 6.07) is 3.51. The van der Waals surface area contributed by atoms with E-state index in [-0.39, 0.29) is 17.5 Å². The molecule has 0 aliphatic carbocycles. The lowest BCUT2D eigenvalue weighted by Crippen LogP contribution is -2.42. The molecule has 0 amide bonds. The van der Waals surface area contributed by atoms with Crippen molar-refractivity contribution >= 4 is 23.3 Å². The van der Waals surface area contributed by atoms with Crippen molar-refractivity contribution in [2.75, 3.05) is 44.0 Å². The molecular weight excluding hydrogens is 352 g/mol. The van der Waals surface area contributed by atoms with Crippen LogP contribution in [0.4, 0.5) is 17.3 Å². The quantitative estimate of drug-likeness (QED) is 0.593. The zero-order chi connectivity index (χ0) is 19.1.